The van der Waals surface area contributed by atoms with E-state index in [4.69, 9.17) is 11.6 Å². The summed E-state index contributed by atoms with van der Waals surface area (Å²) >= 11 is 12.6. The minimum atomic E-state index is 0.671. The molecule has 0 amide bonds. The van der Waals surface area contributed by atoms with Crippen molar-refractivity contribution in [3.63, 3.8) is 0 Å². The topological polar surface area (TPSA) is 0 Å². The van der Waals surface area contributed by atoms with Crippen molar-refractivity contribution in [3.8, 4) is 0 Å². The zero-order valence-electron chi connectivity index (χ0n) is 5.70. The molecule has 0 bridgehead atoms. The molecular formula is C8H6Br2Cl. The molecule has 0 aromatic heterocycles. The van der Waals surface area contributed by atoms with Gasteiger partial charge in [0.1, 0.15) is 0 Å². The van der Waals surface area contributed by atoms with Gasteiger partial charge >= 0.3 is 0 Å². The Kier molecular flexibility index (Phi) is 3.90. The standard InChI is InChI=1S/C8H6Br2Cl/c9-4-3-6-5-7(11)1-2-8(6)10/h2,5H,3-4H2. The van der Waals surface area contributed by atoms with Crippen molar-refractivity contribution < 1.29 is 0 Å². The highest BCUT2D eigenvalue weighted by molar-refractivity contribution is 9.10. The van der Waals surface area contributed by atoms with Crippen LogP contribution in [0.15, 0.2) is 16.6 Å². The Morgan fingerprint density at radius 3 is 2.91 bits per heavy atom. The summed E-state index contributed by atoms with van der Waals surface area (Å²) in [5, 5.41) is 1.62. The molecule has 11 heavy (non-hydrogen) atoms. The van der Waals surface area contributed by atoms with Crippen LogP contribution < -0.4 is 0 Å². The summed E-state index contributed by atoms with van der Waals surface area (Å²) in [6.45, 7) is 0. The highest BCUT2D eigenvalue weighted by Gasteiger charge is 1.99. The number of halogens is 3. The van der Waals surface area contributed by atoms with E-state index < -0.39 is 0 Å². The first-order valence-corrected chi connectivity index (χ1v) is 5.45. The van der Waals surface area contributed by atoms with Gasteiger partial charge in [-0.15, -0.1) is 0 Å². The quantitative estimate of drug-likeness (QED) is 0.728. The third-order valence-corrected chi connectivity index (χ3v) is 2.66. The van der Waals surface area contributed by atoms with Crippen molar-refractivity contribution in [1.29, 1.82) is 0 Å². The lowest BCUT2D eigenvalue weighted by atomic mass is 10.2. The number of hydrogen-bond acceptors (Lipinski definition) is 0. The largest absolute Gasteiger partial charge is 0.0924 e. The van der Waals surface area contributed by atoms with Gasteiger partial charge in [0.05, 0.1) is 0 Å². The predicted molar refractivity (Wildman–Crippen MR) is 55.5 cm³/mol. The second kappa shape index (κ2) is 4.48. The van der Waals surface area contributed by atoms with Gasteiger partial charge in [-0.25, -0.2) is 0 Å². The van der Waals surface area contributed by atoms with E-state index in [1.54, 1.807) is 0 Å². The molecule has 0 heterocycles. The van der Waals surface area contributed by atoms with Crippen LogP contribution in [0.25, 0.3) is 0 Å². The van der Waals surface area contributed by atoms with Crippen LogP contribution in [-0.4, -0.2) is 5.33 Å². The van der Waals surface area contributed by atoms with Crippen LogP contribution in [0, 0.1) is 6.07 Å². The molecule has 1 aromatic rings. The van der Waals surface area contributed by atoms with E-state index in [1.807, 2.05) is 12.1 Å². The molecule has 0 aliphatic carbocycles. The van der Waals surface area contributed by atoms with Crippen LogP contribution in [0.4, 0.5) is 0 Å². The second-order valence-corrected chi connectivity index (χ2v) is 4.15. The van der Waals surface area contributed by atoms with Gasteiger partial charge < -0.3 is 0 Å². The summed E-state index contributed by atoms with van der Waals surface area (Å²) in [6.07, 6.45) is 0.981. The molecule has 1 rings (SSSR count). The average Bonchev–Trinajstić information content (AvgIpc) is 1.98. The second-order valence-electron chi connectivity index (χ2n) is 2.09. The van der Waals surface area contributed by atoms with E-state index in [0.29, 0.717) is 5.02 Å². The minimum Gasteiger partial charge on any atom is -0.0924 e. The molecule has 0 nitrogen and oxygen atoms in total. The summed E-state index contributed by atoms with van der Waals surface area (Å²) in [5.74, 6) is 0. The highest BCUT2D eigenvalue weighted by atomic mass is 79.9. The molecule has 0 fully saturated rings. The van der Waals surface area contributed by atoms with Crippen LogP contribution in [0.3, 0.4) is 0 Å². The highest BCUT2D eigenvalue weighted by Crippen LogP contribution is 2.21. The van der Waals surface area contributed by atoms with Crippen molar-refractivity contribution in [2.24, 2.45) is 0 Å². The lowest BCUT2D eigenvalue weighted by Crippen LogP contribution is -1.86. The molecule has 0 atom stereocenters. The van der Waals surface area contributed by atoms with Gasteiger partial charge in [-0.3, -0.25) is 0 Å². The van der Waals surface area contributed by atoms with Crippen LogP contribution in [-0.2, 0) is 6.42 Å². The Hall–Kier alpha value is 0.470. The summed E-state index contributed by atoms with van der Waals surface area (Å²) < 4.78 is 1.07. The number of aryl methyl sites for hydroxylation is 1. The Morgan fingerprint density at radius 2 is 2.27 bits per heavy atom. The predicted octanol–water partition coefficient (Wildman–Crippen LogP) is 3.84. The van der Waals surface area contributed by atoms with Gasteiger partial charge in [0.15, 0.2) is 0 Å². The third-order valence-electron chi connectivity index (χ3n) is 1.31. The fraction of sp³-hybridized carbons (Fsp3) is 0.250. The maximum Gasteiger partial charge on any atom is 0.0488 e. The molecule has 0 spiro atoms. The average molecular weight is 297 g/mol. The zero-order chi connectivity index (χ0) is 8.27. The van der Waals surface area contributed by atoms with Crippen LogP contribution in [0.5, 0.6) is 0 Å². The van der Waals surface area contributed by atoms with E-state index in [0.717, 1.165) is 16.2 Å². The zero-order valence-corrected chi connectivity index (χ0v) is 9.63. The van der Waals surface area contributed by atoms with Crippen molar-refractivity contribution in [3.05, 3.63) is 33.3 Å². The number of benzene rings is 1. The summed E-state index contributed by atoms with van der Waals surface area (Å²) in [6, 6.07) is 6.67. The molecule has 0 aliphatic rings. The first-order chi connectivity index (χ1) is 5.24. The summed E-state index contributed by atoms with van der Waals surface area (Å²) in [5.41, 5.74) is 1.21. The van der Waals surface area contributed by atoms with Crippen molar-refractivity contribution >= 4 is 43.5 Å². The van der Waals surface area contributed by atoms with Crippen molar-refractivity contribution in [2.75, 3.05) is 5.33 Å². The molecule has 3 heteroatoms. The molecule has 0 unspecified atom stereocenters. The Labute approximate surface area is 88.2 Å². The molecular weight excluding hydrogens is 291 g/mol. The molecule has 1 aromatic carbocycles. The Bertz CT molecular complexity index is 248. The molecule has 0 aliphatic heterocycles. The van der Waals surface area contributed by atoms with Gasteiger partial charge in [0, 0.05) is 20.9 Å². The van der Waals surface area contributed by atoms with Crippen molar-refractivity contribution in [2.45, 2.75) is 6.42 Å². The first-order valence-electron chi connectivity index (χ1n) is 3.15. The monoisotopic (exact) mass is 295 g/mol. The van der Waals surface area contributed by atoms with E-state index in [1.165, 1.54) is 5.56 Å². The normalized spacial score (nSPS) is 10.1. The molecule has 0 saturated carbocycles. The summed E-state index contributed by atoms with van der Waals surface area (Å²) in [4.78, 5) is 0. The van der Waals surface area contributed by atoms with Gasteiger partial charge in [-0.1, -0.05) is 43.5 Å². The SMILES string of the molecule is Clc1[c]cc(Br)c(CCBr)c1. The maximum atomic E-state index is 5.76. The minimum absolute atomic E-state index is 0.671. The smallest absolute Gasteiger partial charge is 0.0488 e. The summed E-state index contributed by atoms with van der Waals surface area (Å²) in [7, 11) is 0. The fourth-order valence-electron chi connectivity index (χ4n) is 0.782. The van der Waals surface area contributed by atoms with E-state index in [9.17, 15) is 0 Å². The fourth-order valence-corrected chi connectivity index (χ4v) is 1.82. The number of rotatable bonds is 2. The van der Waals surface area contributed by atoms with Gasteiger partial charge in [0.25, 0.3) is 0 Å². The lowest BCUT2D eigenvalue weighted by Gasteiger charge is -2.00. The third kappa shape index (κ3) is 2.77. The number of alkyl halides is 1. The first kappa shape index (κ1) is 9.56. The Balaban J connectivity index is 2.93. The van der Waals surface area contributed by atoms with E-state index >= 15 is 0 Å². The van der Waals surface area contributed by atoms with Crippen LogP contribution in [0.1, 0.15) is 5.56 Å². The lowest BCUT2D eigenvalue weighted by molar-refractivity contribution is 1.15. The van der Waals surface area contributed by atoms with Gasteiger partial charge in [0.2, 0.25) is 0 Å². The van der Waals surface area contributed by atoms with Crippen molar-refractivity contribution in [1.82, 2.24) is 0 Å². The van der Waals surface area contributed by atoms with E-state index in [-0.39, 0.29) is 0 Å². The molecule has 59 valence electrons. The van der Waals surface area contributed by atoms with Gasteiger partial charge in [-0.2, -0.15) is 0 Å². The van der Waals surface area contributed by atoms with Crippen LogP contribution in [0.2, 0.25) is 5.02 Å². The Morgan fingerprint density at radius 1 is 1.55 bits per heavy atom. The maximum absolute atomic E-state index is 5.76. The molecule has 1 radical (unpaired) electrons. The van der Waals surface area contributed by atoms with Crippen LogP contribution >= 0.6 is 43.5 Å². The molecule has 0 saturated heterocycles. The van der Waals surface area contributed by atoms with E-state index in [2.05, 4.69) is 37.9 Å². The number of hydrogen-bond donors (Lipinski definition) is 0. The molecule has 0 N–H and O–H groups in total. The van der Waals surface area contributed by atoms with Gasteiger partial charge in [-0.05, 0) is 24.1 Å².